The molecule has 4 rings (SSSR count). The number of aliphatic hydroxyl groups is 1. The number of benzene rings is 3. The number of hydrogen-bond donors (Lipinski definition) is 2. The molecular formula is C24H17Cl2NO5. The summed E-state index contributed by atoms with van der Waals surface area (Å²) in [7, 11) is 1.40. The van der Waals surface area contributed by atoms with Crippen LogP contribution in [-0.2, 0) is 9.59 Å². The zero-order valence-corrected chi connectivity index (χ0v) is 18.3. The van der Waals surface area contributed by atoms with Gasteiger partial charge in [-0.3, -0.25) is 14.5 Å². The largest absolute Gasteiger partial charge is 0.508 e. The minimum absolute atomic E-state index is 0.0447. The van der Waals surface area contributed by atoms with Crippen LogP contribution in [-0.4, -0.2) is 29.0 Å². The number of rotatable bonds is 4. The van der Waals surface area contributed by atoms with Gasteiger partial charge in [0, 0.05) is 11.3 Å². The van der Waals surface area contributed by atoms with Gasteiger partial charge in [-0.25, -0.2) is 0 Å². The third-order valence-corrected chi connectivity index (χ3v) is 5.70. The molecule has 1 amide bonds. The molecule has 1 saturated heterocycles. The van der Waals surface area contributed by atoms with Gasteiger partial charge in [0.25, 0.3) is 11.7 Å². The summed E-state index contributed by atoms with van der Waals surface area (Å²) in [5.41, 5.74) is 0.909. The van der Waals surface area contributed by atoms with Gasteiger partial charge in [-0.05, 0) is 42.0 Å². The molecule has 0 radical (unpaired) electrons. The lowest BCUT2D eigenvalue weighted by molar-refractivity contribution is -0.132. The quantitative estimate of drug-likeness (QED) is 0.306. The zero-order chi connectivity index (χ0) is 23.0. The number of aromatic hydroxyl groups is 1. The first-order valence-corrected chi connectivity index (χ1v) is 10.3. The number of carbonyl (C=O) groups excluding carboxylic acids is 2. The van der Waals surface area contributed by atoms with Gasteiger partial charge in [-0.15, -0.1) is 0 Å². The Hall–Kier alpha value is -3.48. The fraction of sp³-hybridized carbons (Fsp3) is 0.0833. The van der Waals surface area contributed by atoms with Crippen LogP contribution < -0.4 is 9.64 Å². The molecule has 162 valence electrons. The lowest BCUT2D eigenvalue weighted by Gasteiger charge is -2.25. The summed E-state index contributed by atoms with van der Waals surface area (Å²) in [6, 6.07) is 16.6. The Morgan fingerprint density at radius 2 is 1.62 bits per heavy atom. The Balaban J connectivity index is 1.97. The van der Waals surface area contributed by atoms with Crippen molar-refractivity contribution >= 4 is 46.3 Å². The topological polar surface area (TPSA) is 87.1 Å². The van der Waals surface area contributed by atoms with E-state index in [-0.39, 0.29) is 32.7 Å². The lowest BCUT2D eigenvalue weighted by atomic mass is 9.95. The molecule has 0 aliphatic carbocycles. The van der Waals surface area contributed by atoms with E-state index in [2.05, 4.69) is 0 Å². The highest BCUT2D eigenvalue weighted by molar-refractivity contribution is 6.51. The number of amides is 1. The molecule has 6 nitrogen and oxygen atoms in total. The second kappa shape index (κ2) is 8.57. The van der Waals surface area contributed by atoms with Gasteiger partial charge in [0.15, 0.2) is 5.75 Å². The van der Waals surface area contributed by atoms with Crippen molar-refractivity contribution in [3.05, 3.63) is 93.5 Å². The van der Waals surface area contributed by atoms with Crippen LogP contribution in [0.5, 0.6) is 11.5 Å². The lowest BCUT2D eigenvalue weighted by Crippen LogP contribution is -2.29. The van der Waals surface area contributed by atoms with Crippen molar-refractivity contribution in [1.82, 2.24) is 0 Å². The van der Waals surface area contributed by atoms with E-state index < -0.39 is 23.5 Å². The normalized spacial score (nSPS) is 17.6. The van der Waals surface area contributed by atoms with Crippen LogP contribution in [0.15, 0.2) is 72.3 Å². The first kappa shape index (κ1) is 21.7. The van der Waals surface area contributed by atoms with Crippen LogP contribution in [0, 0.1) is 0 Å². The highest BCUT2D eigenvalue weighted by Crippen LogP contribution is 2.44. The number of phenolic OH excluding ortho intramolecular Hbond substituents is 1. The van der Waals surface area contributed by atoms with Crippen molar-refractivity contribution in [3.63, 3.8) is 0 Å². The molecule has 3 aromatic carbocycles. The van der Waals surface area contributed by atoms with Gasteiger partial charge in [-0.2, -0.15) is 0 Å². The Morgan fingerprint density at radius 1 is 0.969 bits per heavy atom. The number of ether oxygens (including phenoxy) is 1. The van der Waals surface area contributed by atoms with E-state index in [9.17, 15) is 19.8 Å². The first-order chi connectivity index (χ1) is 15.3. The molecule has 0 saturated carbocycles. The molecule has 1 heterocycles. The van der Waals surface area contributed by atoms with Crippen molar-refractivity contribution in [2.75, 3.05) is 12.0 Å². The second-order valence-corrected chi connectivity index (χ2v) is 7.89. The smallest absolute Gasteiger partial charge is 0.300 e. The maximum atomic E-state index is 13.1. The maximum Gasteiger partial charge on any atom is 0.300 e. The predicted molar refractivity (Wildman–Crippen MR) is 122 cm³/mol. The fourth-order valence-corrected chi connectivity index (χ4v) is 4.39. The standard InChI is InChI=1S/C24H17Cl2NO5/c1-32-23-17(25)11-14(12-18(23)26)21(29)19-20(13-6-5-9-16(28)10-13)27(24(31)22(19)30)15-7-3-2-4-8-15/h2-12,20,28-29H,1H3/b21-19+. The number of methoxy groups -OCH3 is 1. The summed E-state index contributed by atoms with van der Waals surface area (Å²) < 4.78 is 5.13. The Morgan fingerprint density at radius 3 is 2.22 bits per heavy atom. The Labute approximate surface area is 193 Å². The molecule has 8 heteroatoms. The van der Waals surface area contributed by atoms with Gasteiger partial charge in [-0.1, -0.05) is 53.5 Å². The number of ketones is 1. The number of hydrogen-bond acceptors (Lipinski definition) is 5. The third-order valence-electron chi connectivity index (χ3n) is 5.14. The van der Waals surface area contributed by atoms with E-state index in [0.717, 1.165) is 0 Å². The minimum atomic E-state index is -0.982. The van der Waals surface area contributed by atoms with Crippen LogP contribution in [0.4, 0.5) is 5.69 Å². The monoisotopic (exact) mass is 469 g/mol. The summed E-state index contributed by atoms with van der Waals surface area (Å²) in [6.45, 7) is 0. The molecule has 1 atom stereocenters. The third kappa shape index (κ3) is 3.68. The molecule has 1 unspecified atom stereocenters. The molecule has 1 fully saturated rings. The molecule has 0 bridgehead atoms. The van der Waals surface area contributed by atoms with Crippen molar-refractivity contribution < 1.29 is 24.5 Å². The number of Topliss-reactive ketones (excluding diaryl/α,β-unsaturated/α-hetero) is 1. The Kier molecular flexibility index (Phi) is 5.82. The summed E-state index contributed by atoms with van der Waals surface area (Å²) in [5.74, 6) is -1.95. The highest BCUT2D eigenvalue weighted by Gasteiger charge is 2.47. The molecule has 3 aromatic rings. The molecular weight excluding hydrogens is 453 g/mol. The molecule has 0 spiro atoms. The van der Waals surface area contributed by atoms with Gasteiger partial charge in [0.1, 0.15) is 11.5 Å². The Bertz CT molecular complexity index is 1230. The predicted octanol–water partition coefficient (Wildman–Crippen LogP) is 5.33. The number of aliphatic hydroxyl groups excluding tert-OH is 1. The van der Waals surface area contributed by atoms with Crippen LogP contribution in [0.3, 0.4) is 0 Å². The number of nitrogens with zero attached hydrogens (tertiary/aromatic N) is 1. The molecule has 0 aromatic heterocycles. The SMILES string of the molecule is COc1c(Cl)cc(/C(O)=C2\C(=O)C(=O)N(c3ccccc3)C2c2cccc(O)c2)cc1Cl. The number of halogens is 2. The summed E-state index contributed by atoms with van der Waals surface area (Å²) >= 11 is 12.4. The van der Waals surface area contributed by atoms with Crippen molar-refractivity contribution in [2.24, 2.45) is 0 Å². The van der Waals surface area contributed by atoms with Crippen molar-refractivity contribution in [1.29, 1.82) is 0 Å². The zero-order valence-electron chi connectivity index (χ0n) is 16.8. The average Bonchev–Trinajstić information content (AvgIpc) is 3.04. The molecule has 1 aliphatic rings. The van der Waals surface area contributed by atoms with E-state index in [0.29, 0.717) is 11.3 Å². The second-order valence-electron chi connectivity index (χ2n) is 7.07. The van der Waals surface area contributed by atoms with Crippen LogP contribution in [0.2, 0.25) is 10.0 Å². The van der Waals surface area contributed by atoms with E-state index in [1.807, 2.05) is 0 Å². The summed E-state index contributed by atoms with van der Waals surface area (Å²) in [6.07, 6.45) is 0. The summed E-state index contributed by atoms with van der Waals surface area (Å²) in [4.78, 5) is 27.4. The van der Waals surface area contributed by atoms with Crippen LogP contribution in [0.1, 0.15) is 17.2 Å². The average molecular weight is 470 g/mol. The first-order valence-electron chi connectivity index (χ1n) is 9.52. The molecule has 32 heavy (non-hydrogen) atoms. The fourth-order valence-electron chi connectivity index (χ4n) is 3.74. The van der Waals surface area contributed by atoms with E-state index in [4.69, 9.17) is 27.9 Å². The van der Waals surface area contributed by atoms with E-state index in [1.165, 1.54) is 36.3 Å². The van der Waals surface area contributed by atoms with Crippen LogP contribution >= 0.6 is 23.2 Å². The molecule has 1 aliphatic heterocycles. The molecule has 2 N–H and O–H groups in total. The number of anilines is 1. The maximum absolute atomic E-state index is 13.1. The summed E-state index contributed by atoms with van der Waals surface area (Å²) in [5, 5.41) is 21.4. The minimum Gasteiger partial charge on any atom is -0.508 e. The van der Waals surface area contributed by atoms with Gasteiger partial charge in [0.2, 0.25) is 0 Å². The van der Waals surface area contributed by atoms with Crippen molar-refractivity contribution in [2.45, 2.75) is 6.04 Å². The van der Waals surface area contributed by atoms with Crippen LogP contribution in [0.25, 0.3) is 5.76 Å². The van der Waals surface area contributed by atoms with E-state index in [1.54, 1.807) is 42.5 Å². The van der Waals surface area contributed by atoms with Gasteiger partial charge < -0.3 is 14.9 Å². The number of phenols is 1. The van der Waals surface area contributed by atoms with Gasteiger partial charge >= 0.3 is 0 Å². The van der Waals surface area contributed by atoms with Crippen molar-refractivity contribution in [3.8, 4) is 11.5 Å². The number of carbonyl (C=O) groups is 2. The van der Waals surface area contributed by atoms with Gasteiger partial charge in [0.05, 0.1) is 28.8 Å². The highest BCUT2D eigenvalue weighted by atomic mass is 35.5. The number of para-hydroxylation sites is 1. The van der Waals surface area contributed by atoms with E-state index >= 15 is 0 Å².